The Hall–Kier alpha value is -1.43. The Kier molecular flexibility index (Phi) is 4.91. The molecule has 0 aliphatic rings. The number of carbonyl (C=O) groups is 1. The van der Waals surface area contributed by atoms with Gasteiger partial charge in [0.25, 0.3) is 0 Å². The zero-order chi connectivity index (χ0) is 12.0. The summed E-state index contributed by atoms with van der Waals surface area (Å²) in [5.41, 5.74) is 6.56. The van der Waals surface area contributed by atoms with Crippen molar-refractivity contribution >= 4 is 5.91 Å². The topological polar surface area (TPSA) is 95.6 Å². The number of aliphatic hydroxyl groups excluding tert-OH is 2. The van der Waals surface area contributed by atoms with Crippen LogP contribution >= 0.6 is 0 Å². The number of hydrogen-bond acceptors (Lipinski definition) is 4. The standard InChI is InChI=1S/C11H16N2O3/c12-11(16)9-3-1-8(2-4-9)5-13-6-10(15)7-14/h1-4,10,13-15H,5-7H2,(H2,12,16). The third-order valence-corrected chi connectivity index (χ3v) is 2.16. The number of benzene rings is 1. The predicted octanol–water partition coefficient (Wildman–Crippen LogP) is -0.772. The molecule has 1 unspecified atom stereocenters. The first-order valence-corrected chi connectivity index (χ1v) is 5.02. The van der Waals surface area contributed by atoms with E-state index in [4.69, 9.17) is 15.9 Å². The Morgan fingerprint density at radius 3 is 2.50 bits per heavy atom. The predicted molar refractivity (Wildman–Crippen MR) is 59.8 cm³/mol. The largest absolute Gasteiger partial charge is 0.394 e. The minimum atomic E-state index is -0.745. The number of nitrogens with two attached hydrogens (primary N) is 1. The average molecular weight is 224 g/mol. The molecule has 0 saturated carbocycles. The molecule has 1 aromatic rings. The van der Waals surface area contributed by atoms with Crippen LogP contribution in [0.5, 0.6) is 0 Å². The van der Waals surface area contributed by atoms with Gasteiger partial charge in [-0.3, -0.25) is 4.79 Å². The van der Waals surface area contributed by atoms with Crippen LogP contribution in [0.25, 0.3) is 0 Å². The van der Waals surface area contributed by atoms with Gasteiger partial charge in [-0.05, 0) is 17.7 Å². The highest BCUT2D eigenvalue weighted by molar-refractivity contribution is 5.92. The average Bonchev–Trinajstić information content (AvgIpc) is 2.29. The molecule has 5 nitrogen and oxygen atoms in total. The van der Waals surface area contributed by atoms with Gasteiger partial charge in [0.1, 0.15) is 0 Å². The van der Waals surface area contributed by atoms with Gasteiger partial charge in [-0.15, -0.1) is 0 Å². The number of amides is 1. The molecule has 16 heavy (non-hydrogen) atoms. The molecule has 0 fully saturated rings. The zero-order valence-electron chi connectivity index (χ0n) is 8.89. The van der Waals surface area contributed by atoms with Gasteiger partial charge >= 0.3 is 0 Å². The SMILES string of the molecule is NC(=O)c1ccc(CNCC(O)CO)cc1. The molecule has 1 atom stereocenters. The molecule has 0 radical (unpaired) electrons. The molecule has 0 aromatic heterocycles. The van der Waals surface area contributed by atoms with E-state index in [1.54, 1.807) is 24.3 Å². The van der Waals surface area contributed by atoms with Gasteiger partial charge in [0, 0.05) is 18.7 Å². The van der Waals surface area contributed by atoms with E-state index in [9.17, 15) is 4.79 Å². The van der Waals surface area contributed by atoms with Crippen LogP contribution in [0.3, 0.4) is 0 Å². The summed E-state index contributed by atoms with van der Waals surface area (Å²) in [5.74, 6) is -0.449. The second kappa shape index (κ2) is 6.22. The second-order valence-electron chi connectivity index (χ2n) is 3.53. The minimum Gasteiger partial charge on any atom is -0.394 e. The number of aliphatic hydroxyl groups is 2. The molecule has 1 aromatic carbocycles. The number of rotatable bonds is 6. The third-order valence-electron chi connectivity index (χ3n) is 2.16. The molecule has 0 aliphatic carbocycles. The summed E-state index contributed by atoms with van der Waals surface area (Å²) in [5, 5.41) is 20.6. The van der Waals surface area contributed by atoms with Crippen molar-refractivity contribution in [3.8, 4) is 0 Å². The number of hydrogen-bond donors (Lipinski definition) is 4. The minimum absolute atomic E-state index is 0.256. The summed E-state index contributed by atoms with van der Waals surface area (Å²) in [6.45, 7) is 0.637. The maximum atomic E-state index is 10.8. The van der Waals surface area contributed by atoms with Crippen molar-refractivity contribution in [3.63, 3.8) is 0 Å². The first-order valence-electron chi connectivity index (χ1n) is 5.02. The Morgan fingerprint density at radius 1 is 1.38 bits per heavy atom. The second-order valence-corrected chi connectivity index (χ2v) is 3.53. The third kappa shape index (κ3) is 3.98. The zero-order valence-corrected chi connectivity index (χ0v) is 8.89. The molecular weight excluding hydrogens is 208 g/mol. The van der Waals surface area contributed by atoms with Crippen LogP contribution in [0.1, 0.15) is 15.9 Å². The van der Waals surface area contributed by atoms with Crippen molar-refractivity contribution in [2.24, 2.45) is 5.73 Å². The molecule has 0 aliphatic heterocycles. The Labute approximate surface area is 93.9 Å². The van der Waals surface area contributed by atoms with Crippen LogP contribution < -0.4 is 11.1 Å². The van der Waals surface area contributed by atoms with Gasteiger partial charge in [0.05, 0.1) is 12.7 Å². The van der Waals surface area contributed by atoms with Gasteiger partial charge < -0.3 is 21.3 Å². The van der Waals surface area contributed by atoms with E-state index >= 15 is 0 Å². The van der Waals surface area contributed by atoms with Crippen molar-refractivity contribution in [2.45, 2.75) is 12.6 Å². The maximum absolute atomic E-state index is 10.8. The number of carbonyl (C=O) groups excluding carboxylic acids is 1. The molecule has 1 rings (SSSR count). The van der Waals surface area contributed by atoms with Crippen molar-refractivity contribution in [3.05, 3.63) is 35.4 Å². The van der Waals surface area contributed by atoms with E-state index in [0.29, 0.717) is 18.7 Å². The number of nitrogens with one attached hydrogen (secondary N) is 1. The summed E-state index contributed by atoms with van der Waals surface area (Å²) < 4.78 is 0. The van der Waals surface area contributed by atoms with Crippen LogP contribution in [0.15, 0.2) is 24.3 Å². The summed E-state index contributed by atoms with van der Waals surface area (Å²) in [6.07, 6.45) is -0.745. The van der Waals surface area contributed by atoms with E-state index in [0.717, 1.165) is 5.56 Å². The van der Waals surface area contributed by atoms with Crippen LogP contribution in [0.4, 0.5) is 0 Å². The van der Waals surface area contributed by atoms with E-state index in [1.165, 1.54) is 0 Å². The monoisotopic (exact) mass is 224 g/mol. The van der Waals surface area contributed by atoms with Crippen molar-refractivity contribution < 1.29 is 15.0 Å². The smallest absolute Gasteiger partial charge is 0.248 e. The van der Waals surface area contributed by atoms with Crippen LogP contribution in [0.2, 0.25) is 0 Å². The quantitative estimate of drug-likeness (QED) is 0.510. The lowest BCUT2D eigenvalue weighted by molar-refractivity contribution is 0.0942. The van der Waals surface area contributed by atoms with E-state index in [-0.39, 0.29) is 6.61 Å². The molecule has 5 N–H and O–H groups in total. The van der Waals surface area contributed by atoms with Crippen LogP contribution in [-0.4, -0.2) is 35.4 Å². The van der Waals surface area contributed by atoms with Gasteiger partial charge in [-0.25, -0.2) is 0 Å². The highest BCUT2D eigenvalue weighted by atomic mass is 16.3. The van der Waals surface area contributed by atoms with E-state index < -0.39 is 12.0 Å². The molecule has 0 spiro atoms. The molecule has 0 heterocycles. The summed E-state index contributed by atoms with van der Waals surface area (Å²) in [7, 11) is 0. The molecule has 5 heteroatoms. The van der Waals surface area contributed by atoms with Crippen LogP contribution in [-0.2, 0) is 6.54 Å². The fourth-order valence-corrected chi connectivity index (χ4v) is 1.23. The Balaban J connectivity index is 2.40. The van der Waals surface area contributed by atoms with Gasteiger partial charge in [0.2, 0.25) is 5.91 Å². The lowest BCUT2D eigenvalue weighted by atomic mass is 10.1. The summed E-state index contributed by atoms with van der Waals surface area (Å²) >= 11 is 0. The van der Waals surface area contributed by atoms with Crippen molar-refractivity contribution in [2.75, 3.05) is 13.2 Å². The van der Waals surface area contributed by atoms with Crippen molar-refractivity contribution in [1.29, 1.82) is 0 Å². The first-order chi connectivity index (χ1) is 7.63. The molecule has 0 bridgehead atoms. The molecular formula is C11H16N2O3. The fourth-order valence-electron chi connectivity index (χ4n) is 1.23. The summed E-state index contributed by atoms with van der Waals surface area (Å²) in [6, 6.07) is 6.89. The lowest BCUT2D eigenvalue weighted by Gasteiger charge is -2.08. The Bertz CT molecular complexity index is 338. The van der Waals surface area contributed by atoms with Crippen LogP contribution in [0, 0.1) is 0 Å². The van der Waals surface area contributed by atoms with Gasteiger partial charge in [0.15, 0.2) is 0 Å². The Morgan fingerprint density at radius 2 is 2.00 bits per heavy atom. The maximum Gasteiger partial charge on any atom is 0.248 e. The van der Waals surface area contributed by atoms with Gasteiger partial charge in [-0.1, -0.05) is 12.1 Å². The molecule has 0 saturated heterocycles. The first kappa shape index (κ1) is 12.6. The summed E-state index contributed by atoms with van der Waals surface area (Å²) in [4.78, 5) is 10.8. The van der Waals surface area contributed by atoms with Crippen molar-refractivity contribution in [1.82, 2.24) is 5.32 Å². The molecule has 88 valence electrons. The van der Waals surface area contributed by atoms with Gasteiger partial charge in [-0.2, -0.15) is 0 Å². The normalized spacial score (nSPS) is 12.4. The lowest BCUT2D eigenvalue weighted by Crippen LogP contribution is -2.28. The number of primary amides is 1. The van der Waals surface area contributed by atoms with E-state index in [2.05, 4.69) is 5.32 Å². The fraction of sp³-hybridized carbons (Fsp3) is 0.364. The highest BCUT2D eigenvalue weighted by Gasteiger charge is 2.02. The van der Waals surface area contributed by atoms with E-state index in [1.807, 2.05) is 0 Å². The molecule has 1 amide bonds. The highest BCUT2D eigenvalue weighted by Crippen LogP contribution is 2.03.